The van der Waals surface area contributed by atoms with Gasteiger partial charge in [-0.1, -0.05) is 44.3 Å². The van der Waals surface area contributed by atoms with Crippen LogP contribution in [-0.4, -0.2) is 23.1 Å². The average Bonchev–Trinajstić information content (AvgIpc) is 2.44. The molecule has 0 radical (unpaired) electrons. The first kappa shape index (κ1) is 14.3. The number of piperidine rings is 1. The number of nitrogens with two attached hydrogens (primary N) is 1. The van der Waals surface area contributed by atoms with Gasteiger partial charge in [-0.15, -0.1) is 0 Å². The molecule has 3 nitrogen and oxygen atoms in total. The monoisotopic (exact) mass is 299 g/mol. The van der Waals surface area contributed by atoms with Gasteiger partial charge in [0.15, 0.2) is 0 Å². The number of anilines is 1. The largest absolute Gasteiger partial charge is 0.389 e. The van der Waals surface area contributed by atoms with Crippen molar-refractivity contribution in [2.45, 2.75) is 26.7 Å². The van der Waals surface area contributed by atoms with Gasteiger partial charge in [-0.2, -0.15) is 0 Å². The van der Waals surface area contributed by atoms with Crippen molar-refractivity contribution >= 4 is 33.8 Å². The van der Waals surface area contributed by atoms with Crippen molar-refractivity contribution in [3.8, 4) is 0 Å². The Morgan fingerprint density at radius 3 is 2.81 bits per heavy atom. The second-order valence-corrected chi connectivity index (χ2v) is 7.03. The van der Waals surface area contributed by atoms with Gasteiger partial charge in [0.25, 0.3) is 0 Å². The van der Waals surface area contributed by atoms with Gasteiger partial charge in [0.05, 0.1) is 16.8 Å². The Morgan fingerprint density at radius 1 is 1.33 bits per heavy atom. The molecule has 110 valence electrons. The molecule has 4 heteroatoms. The number of thiocarbonyl (C=S) groups is 1. The minimum atomic E-state index is 0.316. The Hall–Kier alpha value is -1.68. The van der Waals surface area contributed by atoms with Crippen LogP contribution < -0.4 is 10.6 Å². The lowest BCUT2D eigenvalue weighted by Crippen LogP contribution is -2.41. The summed E-state index contributed by atoms with van der Waals surface area (Å²) in [5, 5.41) is 1.14. The predicted molar refractivity (Wildman–Crippen MR) is 92.9 cm³/mol. The Balaban J connectivity index is 2.18. The van der Waals surface area contributed by atoms with E-state index in [4.69, 9.17) is 18.0 Å². The molecular weight excluding hydrogens is 278 g/mol. The van der Waals surface area contributed by atoms with Crippen molar-refractivity contribution in [3.63, 3.8) is 0 Å². The lowest BCUT2D eigenvalue weighted by Gasteiger charge is -2.40. The minimum absolute atomic E-state index is 0.316. The van der Waals surface area contributed by atoms with E-state index in [1.807, 2.05) is 24.4 Å². The highest BCUT2D eigenvalue weighted by atomic mass is 32.1. The van der Waals surface area contributed by atoms with Crippen LogP contribution in [0.2, 0.25) is 0 Å². The molecule has 2 heterocycles. The van der Waals surface area contributed by atoms with Gasteiger partial charge in [0.1, 0.15) is 4.99 Å². The molecule has 1 aliphatic rings. The number of nitrogens with zero attached hydrogens (tertiary/aromatic N) is 2. The van der Waals surface area contributed by atoms with Gasteiger partial charge >= 0.3 is 0 Å². The predicted octanol–water partition coefficient (Wildman–Crippen LogP) is 3.50. The number of hydrogen-bond acceptors (Lipinski definition) is 3. The van der Waals surface area contributed by atoms with Crippen LogP contribution in [0.5, 0.6) is 0 Å². The maximum Gasteiger partial charge on any atom is 0.107 e. The van der Waals surface area contributed by atoms with Crippen LogP contribution in [0, 0.1) is 5.41 Å². The molecule has 1 fully saturated rings. The molecule has 2 aromatic rings. The van der Waals surface area contributed by atoms with Crippen molar-refractivity contribution in [1.29, 1.82) is 0 Å². The Morgan fingerprint density at radius 2 is 2.10 bits per heavy atom. The number of hydrogen-bond donors (Lipinski definition) is 1. The summed E-state index contributed by atoms with van der Waals surface area (Å²) in [6, 6.07) is 8.21. The fraction of sp³-hybridized carbons (Fsp3) is 0.412. The van der Waals surface area contributed by atoms with Gasteiger partial charge in [-0.05, 0) is 24.3 Å². The molecule has 1 aromatic heterocycles. The fourth-order valence-electron chi connectivity index (χ4n) is 3.26. The van der Waals surface area contributed by atoms with Crippen molar-refractivity contribution in [1.82, 2.24) is 4.98 Å². The van der Waals surface area contributed by atoms with Gasteiger partial charge in [0.2, 0.25) is 0 Å². The summed E-state index contributed by atoms with van der Waals surface area (Å²) in [6.07, 6.45) is 4.27. The zero-order chi connectivity index (χ0) is 15.0. The highest BCUT2D eigenvalue weighted by molar-refractivity contribution is 7.80. The van der Waals surface area contributed by atoms with Crippen LogP contribution in [0.4, 0.5) is 5.69 Å². The zero-order valence-electron chi connectivity index (χ0n) is 12.6. The normalized spacial score (nSPS) is 17.9. The summed E-state index contributed by atoms with van der Waals surface area (Å²) in [5.41, 5.74) is 9.30. The van der Waals surface area contributed by atoms with Gasteiger partial charge in [-0.25, -0.2) is 0 Å². The zero-order valence-corrected chi connectivity index (χ0v) is 13.4. The van der Waals surface area contributed by atoms with E-state index in [2.05, 4.69) is 29.8 Å². The van der Waals surface area contributed by atoms with Crippen molar-refractivity contribution in [3.05, 3.63) is 36.0 Å². The summed E-state index contributed by atoms with van der Waals surface area (Å²) in [6.45, 7) is 6.72. The third-order valence-electron chi connectivity index (χ3n) is 4.23. The van der Waals surface area contributed by atoms with Crippen LogP contribution in [0.3, 0.4) is 0 Å². The molecular formula is C17H21N3S. The number of para-hydroxylation sites is 1. The smallest absolute Gasteiger partial charge is 0.107 e. The summed E-state index contributed by atoms with van der Waals surface area (Å²) < 4.78 is 0. The van der Waals surface area contributed by atoms with E-state index in [1.54, 1.807) is 0 Å². The number of aromatic nitrogens is 1. The standard InChI is InChI=1S/C17H21N3S/c1-17(2)8-5-9-20(11-17)15-12-6-3-4-7-14(12)19-10-13(15)16(18)21/h3-4,6-7,10H,5,8-9,11H2,1-2H3,(H2,18,21). The van der Waals surface area contributed by atoms with Crippen molar-refractivity contribution < 1.29 is 0 Å². The summed E-state index contributed by atoms with van der Waals surface area (Å²) in [5.74, 6) is 0. The lowest BCUT2D eigenvalue weighted by atomic mass is 9.83. The second-order valence-electron chi connectivity index (χ2n) is 6.59. The molecule has 0 aliphatic carbocycles. The highest BCUT2D eigenvalue weighted by Gasteiger charge is 2.29. The van der Waals surface area contributed by atoms with Crippen LogP contribution in [0.15, 0.2) is 30.5 Å². The Labute approximate surface area is 131 Å². The molecule has 0 bridgehead atoms. The highest BCUT2D eigenvalue weighted by Crippen LogP contribution is 2.36. The molecule has 1 saturated heterocycles. The first-order chi connectivity index (χ1) is 9.98. The third-order valence-corrected chi connectivity index (χ3v) is 4.45. The van der Waals surface area contributed by atoms with Crippen molar-refractivity contribution in [2.75, 3.05) is 18.0 Å². The quantitative estimate of drug-likeness (QED) is 0.862. The number of fused-ring (bicyclic) bond motifs is 1. The van der Waals surface area contributed by atoms with E-state index < -0.39 is 0 Å². The molecule has 0 spiro atoms. The Kier molecular flexibility index (Phi) is 3.57. The maximum atomic E-state index is 5.94. The topological polar surface area (TPSA) is 42.1 Å². The van der Waals surface area contributed by atoms with Crippen LogP contribution in [0.1, 0.15) is 32.3 Å². The van der Waals surface area contributed by atoms with E-state index in [0.29, 0.717) is 10.4 Å². The molecule has 1 aromatic carbocycles. The third kappa shape index (κ3) is 2.72. The SMILES string of the molecule is CC1(C)CCCN(c2c(C(N)=S)cnc3ccccc23)C1. The second kappa shape index (κ2) is 5.26. The molecule has 0 saturated carbocycles. The number of pyridine rings is 1. The van der Waals surface area contributed by atoms with Crippen LogP contribution in [-0.2, 0) is 0 Å². The summed E-state index contributed by atoms with van der Waals surface area (Å²) in [4.78, 5) is 7.36. The molecule has 21 heavy (non-hydrogen) atoms. The van der Waals surface area contributed by atoms with E-state index in [9.17, 15) is 0 Å². The first-order valence-electron chi connectivity index (χ1n) is 7.40. The summed E-state index contributed by atoms with van der Waals surface area (Å²) in [7, 11) is 0. The molecule has 0 amide bonds. The first-order valence-corrected chi connectivity index (χ1v) is 7.81. The lowest BCUT2D eigenvalue weighted by molar-refractivity contribution is 0.293. The molecule has 1 aliphatic heterocycles. The van der Waals surface area contributed by atoms with E-state index in [0.717, 1.165) is 35.2 Å². The van der Waals surface area contributed by atoms with Crippen LogP contribution in [0.25, 0.3) is 10.9 Å². The van der Waals surface area contributed by atoms with Gasteiger partial charge in [0, 0.05) is 24.7 Å². The summed E-state index contributed by atoms with van der Waals surface area (Å²) >= 11 is 5.25. The number of benzene rings is 1. The van der Waals surface area contributed by atoms with Gasteiger partial charge < -0.3 is 10.6 Å². The van der Waals surface area contributed by atoms with Crippen LogP contribution >= 0.6 is 12.2 Å². The van der Waals surface area contributed by atoms with Crippen molar-refractivity contribution in [2.24, 2.45) is 11.1 Å². The Bertz CT molecular complexity index is 693. The molecule has 2 N–H and O–H groups in total. The number of rotatable bonds is 2. The van der Waals surface area contributed by atoms with E-state index >= 15 is 0 Å². The molecule has 0 atom stereocenters. The average molecular weight is 299 g/mol. The molecule has 0 unspecified atom stereocenters. The fourth-order valence-corrected chi connectivity index (χ4v) is 3.41. The van der Waals surface area contributed by atoms with Gasteiger partial charge in [-0.3, -0.25) is 4.98 Å². The van der Waals surface area contributed by atoms with E-state index in [1.165, 1.54) is 12.8 Å². The van der Waals surface area contributed by atoms with E-state index in [-0.39, 0.29) is 0 Å². The molecule has 3 rings (SSSR count). The maximum absolute atomic E-state index is 5.94. The minimum Gasteiger partial charge on any atom is -0.389 e.